The van der Waals surface area contributed by atoms with Gasteiger partial charge in [-0.3, -0.25) is 20.4 Å². The Morgan fingerprint density at radius 2 is 0.814 bits per heavy atom. The number of benzene rings is 9. The first kappa shape index (κ1) is 66.4. The number of urea groups is 4. The van der Waals surface area contributed by atoms with Crippen LogP contribution < -0.4 is 61.5 Å². The van der Waals surface area contributed by atoms with Crippen LogP contribution in [0.4, 0.5) is 41.9 Å². The van der Waals surface area contributed by atoms with Crippen LogP contribution in [0.25, 0.3) is 11.4 Å². The van der Waals surface area contributed by atoms with Crippen molar-refractivity contribution in [2.75, 3.05) is 38.7 Å². The molecule has 13 rings (SSSR count). The molecular weight excluding hydrogens is 1270 g/mol. The third-order valence-electron chi connectivity index (χ3n) is 15.3. The maximum Gasteiger partial charge on any atom is 0.345 e. The number of carbonyl (C=O) groups is 5. The van der Waals surface area contributed by atoms with Crippen LogP contribution in [0, 0.1) is 13.8 Å². The highest BCUT2D eigenvalue weighted by molar-refractivity contribution is 7.99. The molecule has 0 unspecified atom stereocenters. The smallest absolute Gasteiger partial charge is 0.345 e. The predicted molar refractivity (Wildman–Crippen MR) is 377 cm³/mol. The number of para-hydroxylation sites is 4. The van der Waals surface area contributed by atoms with Crippen molar-refractivity contribution in [3.8, 4) is 45.9 Å². The van der Waals surface area contributed by atoms with Gasteiger partial charge in [-0.25, -0.2) is 62.3 Å². The summed E-state index contributed by atoms with van der Waals surface area (Å²) < 4.78 is 19.9. The van der Waals surface area contributed by atoms with Gasteiger partial charge in [0.2, 0.25) is 5.91 Å². The van der Waals surface area contributed by atoms with Crippen LogP contribution in [0.5, 0.6) is 34.5 Å². The van der Waals surface area contributed by atoms with Crippen molar-refractivity contribution >= 4 is 76.3 Å². The summed E-state index contributed by atoms with van der Waals surface area (Å²) in [5, 5.41) is 5.34. The number of likely N-dealkylation sites (tertiary alicyclic amines) is 1. The van der Waals surface area contributed by atoms with Crippen LogP contribution in [-0.2, 0) is 11.3 Å². The van der Waals surface area contributed by atoms with E-state index in [0.29, 0.717) is 93.7 Å². The van der Waals surface area contributed by atoms with Crippen molar-refractivity contribution in [1.29, 1.82) is 0 Å². The fourth-order valence-electron chi connectivity index (χ4n) is 10.7. The molecule has 0 saturated carbocycles. The Bertz CT molecular complexity index is 4840. The van der Waals surface area contributed by atoms with Crippen LogP contribution in [0.15, 0.2) is 273 Å². The van der Waals surface area contributed by atoms with E-state index in [2.05, 4.69) is 28.8 Å². The summed E-state index contributed by atoms with van der Waals surface area (Å²) in [6.07, 6.45) is 5.09. The van der Waals surface area contributed by atoms with Gasteiger partial charge in [-0.2, -0.15) is 0 Å². The lowest BCUT2D eigenvalue weighted by atomic mass is 10.1. The van der Waals surface area contributed by atoms with Crippen LogP contribution in [0.1, 0.15) is 29.5 Å². The van der Waals surface area contributed by atoms with Crippen molar-refractivity contribution in [1.82, 2.24) is 29.7 Å². The molecule has 9 aromatic carbocycles. The Kier molecular flexibility index (Phi) is 20.5. The molecule has 3 aliphatic heterocycles. The zero-order valence-corrected chi connectivity index (χ0v) is 54.7. The summed E-state index contributed by atoms with van der Waals surface area (Å²) in [5.74, 6) is 4.28. The number of amides is 9. The second-order valence-corrected chi connectivity index (χ2v) is 23.7. The molecule has 3 saturated heterocycles. The minimum absolute atomic E-state index is 0.0692. The molecule has 21 nitrogen and oxygen atoms in total. The lowest BCUT2D eigenvalue weighted by Crippen LogP contribution is -2.58. The molecule has 0 aliphatic carbocycles. The molecule has 0 bridgehead atoms. The van der Waals surface area contributed by atoms with Gasteiger partial charge in [0.05, 0.1) is 43.9 Å². The Labute approximate surface area is 566 Å². The van der Waals surface area contributed by atoms with Gasteiger partial charge in [0.1, 0.15) is 46.1 Å². The number of anilines is 4. The van der Waals surface area contributed by atoms with E-state index in [1.54, 1.807) is 95.9 Å². The third-order valence-corrected chi connectivity index (χ3v) is 16.8. The molecule has 3 N–H and O–H groups in total. The topological polar surface area (TPSA) is 230 Å². The molecule has 0 atom stereocenters. The first-order valence-corrected chi connectivity index (χ1v) is 32.8. The van der Waals surface area contributed by atoms with Crippen molar-refractivity contribution < 1.29 is 38.2 Å². The Balaban J connectivity index is 0.000000148. The van der Waals surface area contributed by atoms with Crippen molar-refractivity contribution in [2.24, 2.45) is 0 Å². The Hall–Kier alpha value is -12.1. The summed E-state index contributed by atoms with van der Waals surface area (Å²) in [6, 6.07) is 64.6. The number of hydrogen-bond acceptors (Lipinski definition) is 13. The molecule has 97 heavy (non-hydrogen) atoms. The molecular formula is C74H64N10O11S2. The fraction of sp³-hybridized carbons (Fsp3) is 0.108. The number of aryl methyl sites for hydroxylation is 2. The summed E-state index contributed by atoms with van der Waals surface area (Å²) in [4.78, 5) is 113. The van der Waals surface area contributed by atoms with Gasteiger partial charge in [0.15, 0.2) is 0 Å². The van der Waals surface area contributed by atoms with Gasteiger partial charge >= 0.3 is 41.2 Å². The fourth-order valence-corrected chi connectivity index (χ4v) is 11.8. The summed E-state index contributed by atoms with van der Waals surface area (Å²) in [5.41, 5.74) is 2.95. The second kappa shape index (κ2) is 29.9. The first-order chi connectivity index (χ1) is 47.0. The van der Waals surface area contributed by atoms with Gasteiger partial charge < -0.3 is 19.1 Å². The molecule has 23 heteroatoms. The second-order valence-electron chi connectivity index (χ2n) is 22.0. The molecule has 488 valence electrons. The van der Waals surface area contributed by atoms with Gasteiger partial charge in [-0.15, -0.1) is 23.5 Å². The lowest BCUT2D eigenvalue weighted by Gasteiger charge is -2.36. The average Bonchev–Trinajstić information content (AvgIpc) is 0.802. The molecule has 0 radical (unpaired) electrons. The molecule has 1 aromatic heterocycles. The van der Waals surface area contributed by atoms with Crippen LogP contribution in [0.3, 0.4) is 0 Å². The van der Waals surface area contributed by atoms with E-state index in [1.165, 1.54) is 33.3 Å². The number of nitrogens with zero attached hydrogens (tertiary/aromatic N) is 7. The predicted octanol–water partition coefficient (Wildman–Crippen LogP) is 14.9. The normalized spacial score (nSPS) is 13.7. The summed E-state index contributed by atoms with van der Waals surface area (Å²) in [6.45, 7) is 12.4. The number of thioether (sulfide) groups is 2. The molecule has 0 spiro atoms. The highest BCUT2D eigenvalue weighted by atomic mass is 32.2. The molecule has 4 heterocycles. The maximum absolute atomic E-state index is 13.6. The number of aromatic amines is 1. The average molecular weight is 1330 g/mol. The van der Waals surface area contributed by atoms with E-state index in [-0.39, 0.29) is 17.5 Å². The zero-order chi connectivity index (χ0) is 68.3. The largest absolute Gasteiger partial charge is 0.457 e. The number of carbonyl (C=O) groups excluding carboxylic acids is 5. The monoisotopic (exact) mass is 1330 g/mol. The molecule has 9 amide bonds. The number of aromatic nitrogens is 3. The van der Waals surface area contributed by atoms with Crippen LogP contribution >= 0.6 is 23.5 Å². The molecule has 3 aliphatic rings. The van der Waals surface area contributed by atoms with Gasteiger partial charge in [-0.05, 0) is 171 Å². The minimum atomic E-state index is -0.803. The maximum atomic E-state index is 13.6. The number of hydrogen-bond donors (Lipinski definition) is 3. The Morgan fingerprint density at radius 1 is 0.423 bits per heavy atom. The lowest BCUT2D eigenvalue weighted by molar-refractivity contribution is -0.128. The van der Waals surface area contributed by atoms with Gasteiger partial charge in [0, 0.05) is 25.1 Å². The van der Waals surface area contributed by atoms with Crippen LogP contribution in [-0.4, -0.2) is 68.1 Å². The van der Waals surface area contributed by atoms with Gasteiger partial charge in [0.25, 0.3) is 0 Å². The van der Waals surface area contributed by atoms with Crippen molar-refractivity contribution in [2.45, 2.75) is 43.0 Å². The SMILES string of the molecule is C=C1NC(=O)N(c2ccc(Oc3ccccc3)c(CN3CCCC3=O)c2)C(=O)N1c1cccc(C)c1.C=C1NC(=O)N(c2ccc(Oc3ccccc3)c(SC)c2)C(=O)N1c1ccccc1.CSc1cc(-n2c(=O)[nH]c(=O)n(-c3cccc(C)c3)c2=O)ccc1Oc1ccccc1. The van der Waals surface area contributed by atoms with E-state index in [0.717, 1.165) is 46.3 Å². The van der Waals surface area contributed by atoms with Crippen molar-refractivity contribution in [3.63, 3.8) is 0 Å². The summed E-state index contributed by atoms with van der Waals surface area (Å²) >= 11 is 2.89. The number of nitrogens with one attached hydrogen (secondary N) is 3. The number of rotatable bonds is 16. The third kappa shape index (κ3) is 15.1. The summed E-state index contributed by atoms with van der Waals surface area (Å²) in [7, 11) is 0. The first-order valence-electron chi connectivity index (χ1n) is 30.4. The standard InChI is InChI=1S/C28H26N4O4.C23H19N3O4S.C23H19N3O3S/c1-19-8-6-9-22(16-19)31-20(2)29-27(34)32(28(31)35)23-13-14-25(36-24-10-4-3-5-11-24)21(17-23)18-30-15-7-12-26(30)33;1-15-7-6-8-16(13-15)25-21(27)24-22(28)26(23(25)29)17-11-12-19(20(14-17)31-2)30-18-9-4-3-5-10-18;1-16-24-22(27)26(23(28)25(16)17-9-5-3-6-10-17)18-13-14-20(21(15-18)30-2)29-19-11-7-4-8-12-19/h3-6,8-11,13-14,16-17H,2,7,12,15,18H2,1H3,(H,29,34);3-14H,1-2H3,(H,24,27,28);3-15H,1H2,2H3,(H,24,27). The van der Waals surface area contributed by atoms with E-state index >= 15 is 0 Å². The zero-order valence-electron chi connectivity index (χ0n) is 53.0. The highest BCUT2D eigenvalue weighted by Crippen LogP contribution is 2.39. The number of imide groups is 2. The quantitative estimate of drug-likeness (QED) is 0.0765. The number of ether oxygens (including phenoxy) is 3. The van der Waals surface area contributed by atoms with Crippen molar-refractivity contribution in [3.05, 3.63) is 297 Å². The van der Waals surface area contributed by atoms with E-state index in [9.17, 15) is 38.4 Å². The molecule has 3 fully saturated rings. The number of H-pyrrole nitrogens is 1. The van der Waals surface area contributed by atoms with E-state index in [4.69, 9.17) is 14.2 Å². The highest BCUT2D eigenvalue weighted by Gasteiger charge is 2.39. The van der Waals surface area contributed by atoms with E-state index < -0.39 is 41.2 Å². The Morgan fingerprint density at radius 3 is 1.29 bits per heavy atom. The van der Waals surface area contributed by atoms with Crippen LogP contribution in [0.2, 0.25) is 0 Å². The molecule has 10 aromatic rings. The van der Waals surface area contributed by atoms with Gasteiger partial charge in [-0.1, -0.05) is 110 Å². The minimum Gasteiger partial charge on any atom is -0.457 e. The van der Waals surface area contributed by atoms with E-state index in [1.807, 2.05) is 160 Å².